The Morgan fingerprint density at radius 1 is 1.00 bits per heavy atom. The molecule has 2 aromatic heterocycles. The van der Waals surface area contributed by atoms with Gasteiger partial charge in [0.15, 0.2) is 0 Å². The van der Waals surface area contributed by atoms with Crippen molar-refractivity contribution in [1.82, 2.24) is 29.6 Å². The highest BCUT2D eigenvalue weighted by Gasteiger charge is 2.21. The zero-order valence-corrected chi connectivity index (χ0v) is 20.7. The summed E-state index contributed by atoms with van der Waals surface area (Å²) in [5, 5.41) is 12.3. The molecule has 10 nitrogen and oxygen atoms in total. The summed E-state index contributed by atoms with van der Waals surface area (Å²) < 4.78 is 15.3. The Balaban J connectivity index is 1.61. The number of esters is 1. The van der Waals surface area contributed by atoms with Crippen molar-refractivity contribution >= 4 is 5.97 Å². The second-order valence-electron chi connectivity index (χ2n) is 8.30. The lowest BCUT2D eigenvalue weighted by atomic mass is 10.0. The maximum Gasteiger partial charge on any atom is 0.368 e. The molecular weight excluding hydrogens is 448 g/mol. The summed E-state index contributed by atoms with van der Waals surface area (Å²) in [6.07, 6.45) is 0. The van der Waals surface area contributed by atoms with Gasteiger partial charge in [-0.3, -0.25) is 4.68 Å². The van der Waals surface area contributed by atoms with E-state index in [0.29, 0.717) is 29.4 Å². The third kappa shape index (κ3) is 4.46. The molecule has 0 radical (unpaired) electrons. The van der Waals surface area contributed by atoms with Gasteiger partial charge in [0, 0.05) is 30.8 Å². The third-order valence-electron chi connectivity index (χ3n) is 5.91. The minimum Gasteiger partial charge on any atom is -0.489 e. The molecule has 0 bridgehead atoms. The summed E-state index contributed by atoms with van der Waals surface area (Å²) >= 11 is 0. The normalized spacial score (nSPS) is 11.0. The van der Waals surface area contributed by atoms with E-state index in [1.54, 1.807) is 25.7 Å². The topological polar surface area (TPSA) is 106 Å². The van der Waals surface area contributed by atoms with Crippen LogP contribution >= 0.6 is 0 Å². The number of rotatable bonds is 7. The van der Waals surface area contributed by atoms with E-state index in [4.69, 9.17) is 9.47 Å². The number of carbonyl (C=O) groups excluding carboxylic acids is 1. The van der Waals surface area contributed by atoms with Crippen LogP contribution in [0, 0.1) is 20.8 Å². The van der Waals surface area contributed by atoms with Crippen molar-refractivity contribution in [3.8, 4) is 22.7 Å². The summed E-state index contributed by atoms with van der Waals surface area (Å²) in [5.41, 5.74) is 5.83. The van der Waals surface area contributed by atoms with Crippen LogP contribution in [0.3, 0.4) is 0 Å². The molecule has 0 amide bonds. The van der Waals surface area contributed by atoms with Crippen molar-refractivity contribution in [2.24, 2.45) is 14.1 Å². The van der Waals surface area contributed by atoms with Crippen molar-refractivity contribution in [2.75, 3.05) is 6.61 Å². The summed E-state index contributed by atoms with van der Waals surface area (Å²) in [6, 6.07) is 11.4. The van der Waals surface area contributed by atoms with Crippen LogP contribution in [0.5, 0.6) is 5.75 Å². The van der Waals surface area contributed by atoms with Crippen LogP contribution in [0.15, 0.2) is 41.2 Å². The lowest BCUT2D eigenvalue weighted by Crippen LogP contribution is -2.23. The molecule has 35 heavy (non-hydrogen) atoms. The van der Waals surface area contributed by atoms with Crippen LogP contribution in [0.2, 0.25) is 0 Å². The number of aryl methyl sites for hydroxylation is 4. The van der Waals surface area contributed by atoms with E-state index in [2.05, 4.69) is 15.5 Å². The van der Waals surface area contributed by atoms with Gasteiger partial charge in [0.1, 0.15) is 18.1 Å². The summed E-state index contributed by atoms with van der Waals surface area (Å²) in [5.74, 6) is 0.313. The molecule has 0 atom stereocenters. The number of carbonyl (C=O) groups is 1. The Bertz CT molecular complexity index is 1460. The first-order chi connectivity index (χ1) is 16.7. The Morgan fingerprint density at radius 2 is 1.77 bits per heavy atom. The van der Waals surface area contributed by atoms with Gasteiger partial charge >= 0.3 is 11.7 Å². The van der Waals surface area contributed by atoms with E-state index in [1.807, 2.05) is 57.2 Å². The molecule has 0 spiro atoms. The van der Waals surface area contributed by atoms with E-state index in [9.17, 15) is 9.59 Å². The molecule has 4 aromatic rings. The van der Waals surface area contributed by atoms with E-state index < -0.39 is 0 Å². The summed E-state index contributed by atoms with van der Waals surface area (Å²) in [4.78, 5) is 24.7. The van der Waals surface area contributed by atoms with Crippen molar-refractivity contribution in [3.63, 3.8) is 0 Å². The Morgan fingerprint density at radius 3 is 2.43 bits per heavy atom. The molecular formula is C25H28N6O4. The van der Waals surface area contributed by atoms with Crippen molar-refractivity contribution in [2.45, 2.75) is 34.3 Å². The average Bonchev–Trinajstić information content (AvgIpc) is 3.31. The second kappa shape index (κ2) is 9.57. The molecule has 4 rings (SSSR count). The van der Waals surface area contributed by atoms with Gasteiger partial charge in [0.25, 0.3) is 0 Å². The fraction of sp³-hybridized carbons (Fsp3) is 0.320. The minimum absolute atomic E-state index is 0.251. The monoisotopic (exact) mass is 476 g/mol. The Kier molecular flexibility index (Phi) is 6.54. The van der Waals surface area contributed by atoms with Crippen molar-refractivity contribution in [1.29, 1.82) is 0 Å². The minimum atomic E-state index is -0.390. The van der Waals surface area contributed by atoms with E-state index >= 15 is 0 Å². The van der Waals surface area contributed by atoms with Gasteiger partial charge in [0.05, 0.1) is 18.0 Å². The Hall–Kier alpha value is -4.21. The molecule has 2 aromatic carbocycles. The molecule has 0 fully saturated rings. The predicted octanol–water partition coefficient (Wildman–Crippen LogP) is 3.05. The van der Waals surface area contributed by atoms with Crippen LogP contribution in [-0.4, -0.2) is 42.1 Å². The summed E-state index contributed by atoms with van der Waals surface area (Å²) in [6.45, 7) is 8.11. The number of hydrogen-bond donors (Lipinski definition) is 0. The van der Waals surface area contributed by atoms with Crippen molar-refractivity contribution in [3.05, 3.63) is 74.8 Å². The van der Waals surface area contributed by atoms with Crippen LogP contribution in [0.25, 0.3) is 16.9 Å². The number of ether oxygens (including phenoxy) is 2. The maximum absolute atomic E-state index is 12.4. The van der Waals surface area contributed by atoms with Gasteiger partial charge in [-0.05, 0) is 73.5 Å². The molecule has 0 aliphatic rings. The SMILES string of the molecule is CCOC(=O)c1c(C)c(-c2ccc(OCc3c(C)cccc3-n3nnn(C)c3=O)c(C)c2)nn1C. The standard InChI is InChI=1S/C25H28N6O4/c1-7-34-24(32)23-17(4)22(26-29(23)5)18-11-12-21(16(3)13-18)35-14-19-15(2)9-8-10-20(19)31-25(33)30(6)27-28-31/h8-13H,7,14H2,1-6H3. The highest BCUT2D eigenvalue weighted by Crippen LogP contribution is 2.30. The van der Waals surface area contributed by atoms with Crippen LogP contribution in [0.1, 0.15) is 39.7 Å². The molecule has 0 N–H and O–H groups in total. The largest absolute Gasteiger partial charge is 0.489 e. The first-order valence-corrected chi connectivity index (χ1v) is 11.2. The maximum atomic E-state index is 12.4. The molecule has 0 saturated heterocycles. The average molecular weight is 477 g/mol. The zero-order valence-electron chi connectivity index (χ0n) is 20.7. The van der Waals surface area contributed by atoms with Crippen molar-refractivity contribution < 1.29 is 14.3 Å². The van der Waals surface area contributed by atoms with Crippen LogP contribution in [0.4, 0.5) is 0 Å². The van der Waals surface area contributed by atoms with Gasteiger partial charge in [-0.1, -0.05) is 12.1 Å². The highest BCUT2D eigenvalue weighted by molar-refractivity contribution is 5.91. The fourth-order valence-corrected chi connectivity index (χ4v) is 4.04. The molecule has 0 aliphatic carbocycles. The number of nitrogens with zero attached hydrogens (tertiary/aromatic N) is 6. The first-order valence-electron chi connectivity index (χ1n) is 11.2. The molecule has 10 heteroatoms. The molecule has 0 unspecified atom stereocenters. The number of aromatic nitrogens is 6. The first kappa shape index (κ1) is 23.9. The number of tetrazole rings is 1. The van der Waals surface area contributed by atoms with Gasteiger partial charge in [0.2, 0.25) is 0 Å². The van der Waals surface area contributed by atoms with E-state index in [1.165, 1.54) is 9.36 Å². The second-order valence-corrected chi connectivity index (χ2v) is 8.30. The molecule has 0 aliphatic heterocycles. The van der Waals surface area contributed by atoms with Crippen LogP contribution in [-0.2, 0) is 25.4 Å². The Labute approximate surface area is 202 Å². The highest BCUT2D eigenvalue weighted by atomic mass is 16.5. The molecule has 182 valence electrons. The fourth-order valence-electron chi connectivity index (χ4n) is 4.04. The van der Waals surface area contributed by atoms with E-state index in [-0.39, 0.29) is 18.3 Å². The smallest absolute Gasteiger partial charge is 0.368 e. The number of hydrogen-bond acceptors (Lipinski definition) is 7. The van der Waals surface area contributed by atoms with Gasteiger partial charge < -0.3 is 9.47 Å². The molecule has 0 saturated carbocycles. The third-order valence-corrected chi connectivity index (χ3v) is 5.91. The van der Waals surface area contributed by atoms with Gasteiger partial charge in [-0.15, -0.1) is 0 Å². The quantitative estimate of drug-likeness (QED) is 0.378. The number of benzene rings is 2. The lowest BCUT2D eigenvalue weighted by Gasteiger charge is -2.14. The summed E-state index contributed by atoms with van der Waals surface area (Å²) in [7, 11) is 3.29. The van der Waals surface area contributed by atoms with Gasteiger partial charge in [-0.2, -0.15) is 14.5 Å². The predicted molar refractivity (Wildman–Crippen MR) is 130 cm³/mol. The zero-order chi connectivity index (χ0) is 25.3. The van der Waals surface area contributed by atoms with Crippen LogP contribution < -0.4 is 10.4 Å². The molecule has 2 heterocycles. The van der Waals surface area contributed by atoms with E-state index in [0.717, 1.165) is 27.8 Å². The lowest BCUT2D eigenvalue weighted by molar-refractivity contribution is 0.0512. The van der Waals surface area contributed by atoms with Gasteiger partial charge in [-0.25, -0.2) is 9.59 Å².